The van der Waals surface area contributed by atoms with Crippen LogP contribution in [0.15, 0.2) is 46.9 Å². The maximum Gasteiger partial charge on any atom is 0.253 e. The summed E-state index contributed by atoms with van der Waals surface area (Å²) in [5.41, 5.74) is 3.64. The van der Waals surface area contributed by atoms with Crippen LogP contribution >= 0.6 is 22.9 Å². The van der Waals surface area contributed by atoms with Crippen molar-refractivity contribution in [1.82, 2.24) is 20.0 Å². The Morgan fingerprint density at radius 3 is 2.67 bits per heavy atom. The first-order valence-corrected chi connectivity index (χ1v) is 11.6. The van der Waals surface area contributed by atoms with Crippen LogP contribution in [0.4, 0.5) is 4.39 Å². The van der Waals surface area contributed by atoms with Gasteiger partial charge in [0.15, 0.2) is 0 Å². The van der Waals surface area contributed by atoms with Crippen LogP contribution in [0, 0.1) is 12.7 Å². The molecule has 0 aliphatic heterocycles. The highest BCUT2D eigenvalue weighted by molar-refractivity contribution is 7.89. The highest BCUT2D eigenvalue weighted by atomic mass is 35.5. The maximum atomic E-state index is 13.2. The lowest BCUT2D eigenvalue weighted by atomic mass is 10.2. The van der Waals surface area contributed by atoms with E-state index in [0.717, 1.165) is 28.8 Å². The number of thiazole rings is 1. The van der Waals surface area contributed by atoms with E-state index in [4.69, 9.17) is 11.6 Å². The molecule has 0 aliphatic rings. The number of sulfonamides is 1. The molecule has 0 radical (unpaired) electrons. The molecule has 0 bridgehead atoms. The molecule has 0 aliphatic carbocycles. The Hall–Kier alpha value is -2.40. The minimum atomic E-state index is -3.82. The number of halogens is 2. The zero-order chi connectivity index (χ0) is 21.7. The van der Waals surface area contributed by atoms with Gasteiger partial charge in [0.2, 0.25) is 10.0 Å². The highest BCUT2D eigenvalue weighted by Gasteiger charge is 2.15. The molecule has 11 heteroatoms. The standard InChI is InChI=1S/C19H18ClFN4O3S2/c1-12-18(29-11-24-12)10-23-19(26)13-2-3-14(22-9-13)6-7-25-30(27,28)15-4-5-17(21)16(20)8-15/h2-5,8-9,11,25H,6-7,10H2,1H3,(H,23,26). The number of nitrogens with one attached hydrogen (secondary N) is 2. The summed E-state index contributed by atoms with van der Waals surface area (Å²) >= 11 is 7.11. The number of aryl methyl sites for hydroxylation is 1. The van der Waals surface area contributed by atoms with Gasteiger partial charge in [-0.15, -0.1) is 11.3 Å². The third-order valence-corrected chi connectivity index (χ3v) is 6.90. The summed E-state index contributed by atoms with van der Waals surface area (Å²) in [6, 6.07) is 6.49. The van der Waals surface area contributed by atoms with Crippen molar-refractivity contribution in [3.8, 4) is 0 Å². The molecule has 0 atom stereocenters. The maximum absolute atomic E-state index is 13.2. The summed E-state index contributed by atoms with van der Waals surface area (Å²) in [6.07, 6.45) is 1.76. The van der Waals surface area contributed by atoms with E-state index < -0.39 is 15.8 Å². The molecule has 3 rings (SSSR count). The monoisotopic (exact) mass is 468 g/mol. The molecular formula is C19H18ClFN4O3S2. The van der Waals surface area contributed by atoms with Gasteiger partial charge in [-0.3, -0.25) is 9.78 Å². The third kappa shape index (κ3) is 5.60. The summed E-state index contributed by atoms with van der Waals surface area (Å²) in [6.45, 7) is 2.36. The van der Waals surface area contributed by atoms with Crippen LogP contribution in [0.2, 0.25) is 5.02 Å². The van der Waals surface area contributed by atoms with E-state index in [1.54, 1.807) is 17.6 Å². The molecule has 2 N–H and O–H groups in total. The minimum absolute atomic E-state index is 0.0839. The predicted molar refractivity (Wildman–Crippen MR) is 113 cm³/mol. The molecule has 1 amide bonds. The second-order valence-corrected chi connectivity index (χ2v) is 9.42. The smallest absolute Gasteiger partial charge is 0.253 e. The topological polar surface area (TPSA) is 101 Å². The Morgan fingerprint density at radius 2 is 2.03 bits per heavy atom. The Kier molecular flexibility index (Phi) is 7.14. The van der Waals surface area contributed by atoms with E-state index in [2.05, 4.69) is 20.0 Å². The SMILES string of the molecule is Cc1ncsc1CNC(=O)c1ccc(CCNS(=O)(=O)c2ccc(F)c(Cl)c2)nc1. The number of nitrogens with zero attached hydrogens (tertiary/aromatic N) is 2. The molecule has 0 fully saturated rings. The Morgan fingerprint density at radius 1 is 1.23 bits per heavy atom. The second kappa shape index (κ2) is 9.61. The molecular weight excluding hydrogens is 451 g/mol. The van der Waals surface area contributed by atoms with Gasteiger partial charge in [-0.1, -0.05) is 11.6 Å². The molecule has 0 saturated heterocycles. The van der Waals surface area contributed by atoms with Crippen LogP contribution in [0.25, 0.3) is 0 Å². The number of rotatable bonds is 8. The van der Waals surface area contributed by atoms with Crippen LogP contribution in [0.5, 0.6) is 0 Å². The van der Waals surface area contributed by atoms with Gasteiger partial charge in [0.25, 0.3) is 5.91 Å². The van der Waals surface area contributed by atoms with Gasteiger partial charge in [-0.25, -0.2) is 22.5 Å². The first-order valence-electron chi connectivity index (χ1n) is 8.83. The van der Waals surface area contributed by atoms with Crippen LogP contribution in [0.1, 0.15) is 26.6 Å². The first-order chi connectivity index (χ1) is 14.3. The van der Waals surface area contributed by atoms with Crippen molar-refractivity contribution < 1.29 is 17.6 Å². The van der Waals surface area contributed by atoms with Gasteiger partial charge in [0, 0.05) is 29.7 Å². The quantitative estimate of drug-likeness (QED) is 0.529. The van der Waals surface area contributed by atoms with Gasteiger partial charge in [-0.2, -0.15) is 0 Å². The summed E-state index contributed by atoms with van der Waals surface area (Å²) in [4.78, 5) is 21.4. The molecule has 3 aromatic rings. The Balaban J connectivity index is 1.52. The number of carbonyl (C=O) groups is 1. The lowest BCUT2D eigenvalue weighted by Gasteiger charge is -2.08. The average Bonchev–Trinajstić information content (AvgIpc) is 3.13. The van der Waals surface area contributed by atoms with Crippen molar-refractivity contribution in [1.29, 1.82) is 0 Å². The molecule has 7 nitrogen and oxygen atoms in total. The molecule has 30 heavy (non-hydrogen) atoms. The zero-order valence-electron chi connectivity index (χ0n) is 15.9. The third-order valence-electron chi connectivity index (χ3n) is 4.22. The van der Waals surface area contributed by atoms with Crippen molar-refractivity contribution in [2.24, 2.45) is 0 Å². The lowest BCUT2D eigenvalue weighted by Crippen LogP contribution is -2.26. The molecule has 2 aromatic heterocycles. The van der Waals surface area contributed by atoms with E-state index in [-0.39, 0.29) is 22.4 Å². The average molecular weight is 469 g/mol. The van der Waals surface area contributed by atoms with E-state index in [0.29, 0.717) is 24.2 Å². The molecule has 158 valence electrons. The number of hydrogen-bond donors (Lipinski definition) is 2. The van der Waals surface area contributed by atoms with Crippen LogP contribution < -0.4 is 10.0 Å². The zero-order valence-corrected chi connectivity index (χ0v) is 18.2. The van der Waals surface area contributed by atoms with Gasteiger partial charge in [0.05, 0.1) is 33.2 Å². The van der Waals surface area contributed by atoms with Gasteiger partial charge < -0.3 is 5.32 Å². The fourth-order valence-electron chi connectivity index (χ4n) is 2.51. The van der Waals surface area contributed by atoms with Gasteiger partial charge in [0.1, 0.15) is 5.82 Å². The first kappa shape index (κ1) is 22.3. The minimum Gasteiger partial charge on any atom is -0.347 e. The summed E-state index contributed by atoms with van der Waals surface area (Å²) in [7, 11) is -3.82. The van der Waals surface area contributed by atoms with Crippen molar-refractivity contribution in [2.75, 3.05) is 6.54 Å². The van der Waals surface area contributed by atoms with E-state index in [1.165, 1.54) is 17.5 Å². The van der Waals surface area contributed by atoms with Crippen molar-refractivity contribution in [3.05, 3.63) is 74.7 Å². The fraction of sp³-hybridized carbons (Fsp3) is 0.211. The van der Waals surface area contributed by atoms with E-state index >= 15 is 0 Å². The van der Waals surface area contributed by atoms with Crippen LogP contribution in [-0.4, -0.2) is 30.8 Å². The summed E-state index contributed by atoms with van der Waals surface area (Å²) < 4.78 is 40.1. The van der Waals surface area contributed by atoms with Crippen molar-refractivity contribution in [3.63, 3.8) is 0 Å². The summed E-state index contributed by atoms with van der Waals surface area (Å²) in [5.74, 6) is -0.943. The van der Waals surface area contributed by atoms with Gasteiger partial charge in [-0.05, 0) is 37.3 Å². The Labute approximate surface area is 182 Å². The molecule has 0 spiro atoms. The molecule has 0 saturated carbocycles. The number of carbonyl (C=O) groups excluding carboxylic acids is 1. The van der Waals surface area contributed by atoms with E-state index in [1.807, 2.05) is 6.92 Å². The van der Waals surface area contributed by atoms with Crippen LogP contribution in [0.3, 0.4) is 0 Å². The Bertz CT molecular complexity index is 1150. The second-order valence-electron chi connectivity index (χ2n) is 6.31. The number of amides is 1. The lowest BCUT2D eigenvalue weighted by molar-refractivity contribution is 0.0951. The molecule has 0 unspecified atom stereocenters. The number of benzene rings is 1. The largest absolute Gasteiger partial charge is 0.347 e. The predicted octanol–water partition coefficient (Wildman–Crippen LogP) is 3.09. The van der Waals surface area contributed by atoms with Crippen molar-refractivity contribution >= 4 is 38.9 Å². The van der Waals surface area contributed by atoms with Crippen molar-refractivity contribution in [2.45, 2.75) is 24.8 Å². The number of hydrogen-bond acceptors (Lipinski definition) is 6. The highest BCUT2D eigenvalue weighted by Crippen LogP contribution is 2.19. The summed E-state index contributed by atoms with van der Waals surface area (Å²) in [5, 5.41) is 2.55. The molecule has 2 heterocycles. The number of pyridine rings is 1. The normalized spacial score (nSPS) is 11.4. The number of aromatic nitrogens is 2. The fourth-order valence-corrected chi connectivity index (χ4v) is 4.53. The van der Waals surface area contributed by atoms with Gasteiger partial charge >= 0.3 is 0 Å². The van der Waals surface area contributed by atoms with Crippen LogP contribution in [-0.2, 0) is 23.0 Å². The molecule has 1 aromatic carbocycles. The van der Waals surface area contributed by atoms with E-state index in [9.17, 15) is 17.6 Å².